The molecule has 0 aliphatic rings. The van der Waals surface area contributed by atoms with Gasteiger partial charge in [0.2, 0.25) is 0 Å². The van der Waals surface area contributed by atoms with Crippen molar-refractivity contribution in [2.75, 3.05) is 13.7 Å². The first-order chi connectivity index (χ1) is 8.04. The third-order valence-corrected chi connectivity index (χ3v) is 2.54. The van der Waals surface area contributed by atoms with Gasteiger partial charge in [0.05, 0.1) is 19.1 Å². The van der Waals surface area contributed by atoms with Gasteiger partial charge in [0.15, 0.2) is 0 Å². The van der Waals surface area contributed by atoms with Crippen LogP contribution in [-0.4, -0.2) is 30.6 Å². The van der Waals surface area contributed by atoms with Gasteiger partial charge >= 0.3 is 5.97 Å². The normalized spacial score (nSPS) is 9.76. The highest BCUT2D eigenvalue weighted by molar-refractivity contribution is 9.10. The quantitative estimate of drug-likeness (QED) is 0.825. The summed E-state index contributed by atoms with van der Waals surface area (Å²) in [5.41, 5.74) is 0.157. The molecule has 5 nitrogen and oxygen atoms in total. The van der Waals surface area contributed by atoms with Crippen LogP contribution >= 0.6 is 15.9 Å². The molecule has 1 aromatic carbocycles. The van der Waals surface area contributed by atoms with E-state index < -0.39 is 11.9 Å². The summed E-state index contributed by atoms with van der Waals surface area (Å²) < 4.78 is 5.12. The highest BCUT2D eigenvalue weighted by atomic mass is 79.9. The number of esters is 1. The predicted molar refractivity (Wildman–Crippen MR) is 64.8 cm³/mol. The molecule has 1 rings (SSSR count). The molecule has 0 atom stereocenters. The number of halogens is 1. The Balaban J connectivity index is 2.58. The zero-order valence-corrected chi connectivity index (χ0v) is 10.8. The lowest BCUT2D eigenvalue weighted by Gasteiger charge is -2.06. The van der Waals surface area contributed by atoms with Crippen LogP contribution in [0.5, 0.6) is 5.75 Å². The average molecular weight is 302 g/mol. The number of rotatable bonds is 4. The average Bonchev–Trinajstić information content (AvgIpc) is 2.31. The molecule has 2 N–H and O–H groups in total. The molecular weight excluding hydrogens is 290 g/mol. The molecule has 0 bridgehead atoms. The molecule has 17 heavy (non-hydrogen) atoms. The van der Waals surface area contributed by atoms with Crippen molar-refractivity contribution in [2.45, 2.75) is 6.42 Å². The van der Waals surface area contributed by atoms with Gasteiger partial charge in [-0.1, -0.05) is 15.9 Å². The summed E-state index contributed by atoms with van der Waals surface area (Å²) in [6.07, 6.45) is 0.0943. The minimum atomic E-state index is -0.437. The molecule has 6 heteroatoms. The number of hydrogen-bond acceptors (Lipinski definition) is 4. The van der Waals surface area contributed by atoms with Crippen molar-refractivity contribution in [3.8, 4) is 5.75 Å². The number of benzene rings is 1. The molecule has 0 saturated carbocycles. The lowest BCUT2D eigenvalue weighted by Crippen LogP contribution is -2.26. The van der Waals surface area contributed by atoms with Gasteiger partial charge < -0.3 is 15.2 Å². The summed E-state index contributed by atoms with van der Waals surface area (Å²) in [4.78, 5) is 22.5. The van der Waals surface area contributed by atoms with Crippen molar-refractivity contribution in [3.63, 3.8) is 0 Å². The third-order valence-electron chi connectivity index (χ3n) is 2.05. The van der Waals surface area contributed by atoms with Crippen LogP contribution in [0.1, 0.15) is 16.8 Å². The molecule has 0 aromatic heterocycles. The number of carbonyl (C=O) groups is 2. The van der Waals surface area contributed by atoms with E-state index in [1.807, 2.05) is 0 Å². The molecule has 0 unspecified atom stereocenters. The SMILES string of the molecule is COC(=O)CCNC(=O)c1cc(Br)ccc1O. The molecular formula is C11H12BrNO4. The Kier molecular flexibility index (Phi) is 4.96. The summed E-state index contributed by atoms with van der Waals surface area (Å²) in [5.74, 6) is -0.944. The van der Waals surface area contributed by atoms with Gasteiger partial charge in [-0.25, -0.2) is 0 Å². The molecule has 1 amide bonds. The van der Waals surface area contributed by atoms with E-state index in [0.717, 1.165) is 0 Å². The van der Waals surface area contributed by atoms with Crippen molar-refractivity contribution in [1.29, 1.82) is 0 Å². The largest absolute Gasteiger partial charge is 0.507 e. The molecule has 0 spiro atoms. The van der Waals surface area contributed by atoms with Crippen molar-refractivity contribution < 1.29 is 19.4 Å². The van der Waals surface area contributed by atoms with E-state index in [4.69, 9.17) is 0 Å². The summed E-state index contributed by atoms with van der Waals surface area (Å²) in [5, 5.41) is 12.0. The minimum Gasteiger partial charge on any atom is -0.507 e. The second-order valence-corrected chi connectivity index (χ2v) is 4.16. The van der Waals surface area contributed by atoms with Gasteiger partial charge in [-0.15, -0.1) is 0 Å². The first-order valence-corrected chi connectivity index (χ1v) is 5.67. The Hall–Kier alpha value is -1.56. The predicted octanol–water partition coefficient (Wildman–Crippen LogP) is 1.45. The van der Waals surface area contributed by atoms with Crippen LogP contribution < -0.4 is 5.32 Å². The first kappa shape index (κ1) is 13.5. The van der Waals surface area contributed by atoms with Gasteiger partial charge in [-0.05, 0) is 18.2 Å². The number of nitrogens with one attached hydrogen (secondary N) is 1. The van der Waals surface area contributed by atoms with Gasteiger partial charge in [0, 0.05) is 11.0 Å². The Bertz CT molecular complexity index is 433. The number of ether oxygens (including phenoxy) is 1. The Morgan fingerprint density at radius 3 is 2.82 bits per heavy atom. The van der Waals surface area contributed by atoms with E-state index in [2.05, 4.69) is 26.0 Å². The second-order valence-electron chi connectivity index (χ2n) is 3.24. The molecule has 0 radical (unpaired) electrons. The molecule has 0 fully saturated rings. The summed E-state index contributed by atoms with van der Waals surface area (Å²) >= 11 is 3.20. The van der Waals surface area contributed by atoms with Crippen molar-refractivity contribution in [2.24, 2.45) is 0 Å². The van der Waals surface area contributed by atoms with Crippen molar-refractivity contribution in [3.05, 3.63) is 28.2 Å². The van der Waals surface area contributed by atoms with Crippen LogP contribution in [0.4, 0.5) is 0 Å². The number of hydrogen-bond donors (Lipinski definition) is 2. The van der Waals surface area contributed by atoms with E-state index in [0.29, 0.717) is 4.47 Å². The maximum atomic E-state index is 11.6. The van der Waals surface area contributed by atoms with E-state index in [9.17, 15) is 14.7 Å². The second kappa shape index (κ2) is 6.24. The third kappa shape index (κ3) is 4.07. The smallest absolute Gasteiger partial charge is 0.307 e. The molecule has 92 valence electrons. The summed E-state index contributed by atoms with van der Waals surface area (Å²) in [7, 11) is 1.28. The highest BCUT2D eigenvalue weighted by Crippen LogP contribution is 2.21. The standard InChI is InChI=1S/C11H12BrNO4/c1-17-10(15)4-5-13-11(16)8-6-7(12)2-3-9(8)14/h2-3,6,14H,4-5H2,1H3,(H,13,16). The highest BCUT2D eigenvalue weighted by Gasteiger charge is 2.11. The van der Waals surface area contributed by atoms with Crippen molar-refractivity contribution in [1.82, 2.24) is 5.32 Å². The molecule has 1 aromatic rings. The van der Waals surface area contributed by atoms with Gasteiger partial charge in [-0.3, -0.25) is 9.59 Å². The lowest BCUT2D eigenvalue weighted by atomic mass is 10.2. The number of amides is 1. The van der Waals surface area contributed by atoms with Gasteiger partial charge in [0.1, 0.15) is 5.75 Å². The topological polar surface area (TPSA) is 75.6 Å². The fourth-order valence-corrected chi connectivity index (χ4v) is 1.53. The van der Waals surface area contributed by atoms with Crippen LogP contribution in [0.2, 0.25) is 0 Å². The molecule has 0 saturated heterocycles. The molecule has 0 aliphatic carbocycles. The fourth-order valence-electron chi connectivity index (χ4n) is 1.17. The number of phenolic OH excluding ortho intramolecular Hbond substituents is 1. The lowest BCUT2D eigenvalue weighted by molar-refractivity contribution is -0.140. The van der Waals surface area contributed by atoms with Crippen LogP contribution in [0.25, 0.3) is 0 Å². The van der Waals surface area contributed by atoms with Crippen LogP contribution in [0.15, 0.2) is 22.7 Å². The number of aromatic hydroxyl groups is 1. The number of phenols is 1. The summed E-state index contributed by atoms with van der Waals surface area (Å²) in [6, 6.07) is 4.54. The Labute approximate surface area is 107 Å². The van der Waals surface area contributed by atoms with Crippen LogP contribution in [0, 0.1) is 0 Å². The van der Waals surface area contributed by atoms with Gasteiger partial charge in [0.25, 0.3) is 5.91 Å². The minimum absolute atomic E-state index is 0.0943. The van der Waals surface area contributed by atoms with E-state index >= 15 is 0 Å². The fraction of sp³-hybridized carbons (Fsp3) is 0.273. The first-order valence-electron chi connectivity index (χ1n) is 4.88. The zero-order chi connectivity index (χ0) is 12.8. The van der Waals surface area contributed by atoms with Gasteiger partial charge in [-0.2, -0.15) is 0 Å². The van der Waals surface area contributed by atoms with E-state index in [1.54, 1.807) is 6.07 Å². The van der Waals surface area contributed by atoms with Crippen molar-refractivity contribution >= 4 is 27.8 Å². The summed E-state index contributed by atoms with van der Waals surface area (Å²) in [6.45, 7) is 0.164. The van der Waals surface area contributed by atoms with E-state index in [1.165, 1.54) is 19.2 Å². The van der Waals surface area contributed by atoms with Crippen LogP contribution in [-0.2, 0) is 9.53 Å². The number of carbonyl (C=O) groups excluding carboxylic acids is 2. The van der Waals surface area contributed by atoms with E-state index in [-0.39, 0.29) is 24.3 Å². The number of methoxy groups -OCH3 is 1. The zero-order valence-electron chi connectivity index (χ0n) is 9.20. The molecule has 0 aliphatic heterocycles. The Morgan fingerprint density at radius 1 is 1.47 bits per heavy atom. The molecule has 0 heterocycles. The monoisotopic (exact) mass is 301 g/mol. The van der Waals surface area contributed by atoms with Crippen LogP contribution in [0.3, 0.4) is 0 Å². The maximum absolute atomic E-state index is 11.6. The maximum Gasteiger partial charge on any atom is 0.307 e. The Morgan fingerprint density at radius 2 is 2.18 bits per heavy atom.